The lowest BCUT2D eigenvalue weighted by Crippen LogP contribution is -2.30. The van der Waals surface area contributed by atoms with Crippen molar-refractivity contribution in [3.8, 4) is 0 Å². The highest BCUT2D eigenvalue weighted by Gasteiger charge is 2.05. The molecule has 23 heavy (non-hydrogen) atoms. The Bertz CT molecular complexity index is 686. The first-order chi connectivity index (χ1) is 11.0. The molecule has 0 aliphatic heterocycles. The van der Waals surface area contributed by atoms with Crippen molar-refractivity contribution < 1.29 is 19.1 Å². The number of carbonyl (C=O) groups excluding carboxylic acids is 1. The SMILES string of the molecule is O=C(O)Cc1ccc(NC(=O)NCCc2ccccc2F)cc1. The van der Waals surface area contributed by atoms with E-state index in [0.29, 0.717) is 29.8 Å². The number of carboxylic acids is 1. The molecule has 0 aliphatic carbocycles. The summed E-state index contributed by atoms with van der Waals surface area (Å²) < 4.78 is 13.4. The van der Waals surface area contributed by atoms with Crippen molar-refractivity contribution in [3.05, 3.63) is 65.5 Å². The Labute approximate surface area is 133 Å². The van der Waals surface area contributed by atoms with Gasteiger partial charge in [-0.15, -0.1) is 0 Å². The van der Waals surface area contributed by atoms with Gasteiger partial charge in [0.1, 0.15) is 5.82 Å². The number of halogens is 1. The molecule has 3 N–H and O–H groups in total. The van der Waals surface area contributed by atoms with Crippen molar-refractivity contribution in [1.82, 2.24) is 5.32 Å². The Morgan fingerprint density at radius 1 is 1.04 bits per heavy atom. The van der Waals surface area contributed by atoms with Gasteiger partial charge in [-0.2, -0.15) is 0 Å². The number of anilines is 1. The minimum atomic E-state index is -0.906. The van der Waals surface area contributed by atoms with E-state index in [9.17, 15) is 14.0 Å². The third-order valence-corrected chi connectivity index (χ3v) is 3.20. The van der Waals surface area contributed by atoms with E-state index in [0.717, 1.165) is 0 Å². The topological polar surface area (TPSA) is 78.4 Å². The predicted octanol–water partition coefficient (Wildman–Crippen LogP) is 2.82. The first-order valence-electron chi connectivity index (χ1n) is 7.13. The molecule has 0 aromatic heterocycles. The molecule has 0 radical (unpaired) electrons. The smallest absolute Gasteiger partial charge is 0.319 e. The van der Waals surface area contributed by atoms with Crippen LogP contribution in [0.2, 0.25) is 0 Å². The Kier molecular flexibility index (Phi) is 5.68. The Morgan fingerprint density at radius 3 is 2.39 bits per heavy atom. The number of carbonyl (C=O) groups is 2. The average molecular weight is 316 g/mol. The number of urea groups is 1. The third kappa shape index (κ3) is 5.43. The molecule has 6 heteroatoms. The van der Waals surface area contributed by atoms with Gasteiger partial charge in [0.05, 0.1) is 6.42 Å². The molecule has 0 fully saturated rings. The number of hydrogen-bond acceptors (Lipinski definition) is 2. The summed E-state index contributed by atoms with van der Waals surface area (Å²) in [5.41, 5.74) is 1.76. The van der Waals surface area contributed by atoms with Gasteiger partial charge in [0, 0.05) is 12.2 Å². The summed E-state index contributed by atoms with van der Waals surface area (Å²) >= 11 is 0. The van der Waals surface area contributed by atoms with E-state index in [1.807, 2.05) is 0 Å². The van der Waals surface area contributed by atoms with Crippen LogP contribution >= 0.6 is 0 Å². The van der Waals surface area contributed by atoms with Gasteiger partial charge in [-0.05, 0) is 35.7 Å². The van der Waals surface area contributed by atoms with E-state index in [1.165, 1.54) is 6.07 Å². The molecule has 0 saturated heterocycles. The maximum absolute atomic E-state index is 13.4. The summed E-state index contributed by atoms with van der Waals surface area (Å²) in [5.74, 6) is -1.19. The van der Waals surface area contributed by atoms with Gasteiger partial charge >= 0.3 is 12.0 Å². The lowest BCUT2D eigenvalue weighted by atomic mass is 10.1. The maximum atomic E-state index is 13.4. The molecular formula is C17H17FN2O3. The fraction of sp³-hybridized carbons (Fsp3) is 0.176. The largest absolute Gasteiger partial charge is 0.481 e. The summed E-state index contributed by atoms with van der Waals surface area (Å²) in [6.45, 7) is 0.309. The van der Waals surface area contributed by atoms with Crippen LogP contribution in [0, 0.1) is 5.82 Å². The second-order valence-electron chi connectivity index (χ2n) is 4.99. The van der Waals surface area contributed by atoms with Crippen molar-refractivity contribution in [3.63, 3.8) is 0 Å². The molecular weight excluding hydrogens is 299 g/mol. The Morgan fingerprint density at radius 2 is 1.74 bits per heavy atom. The monoisotopic (exact) mass is 316 g/mol. The molecule has 2 aromatic carbocycles. The molecule has 2 rings (SSSR count). The number of carboxylic acid groups (broad SMARTS) is 1. The highest BCUT2D eigenvalue weighted by atomic mass is 19.1. The van der Waals surface area contributed by atoms with Crippen LogP contribution in [0.5, 0.6) is 0 Å². The van der Waals surface area contributed by atoms with Crippen molar-refractivity contribution in [2.45, 2.75) is 12.8 Å². The number of benzene rings is 2. The molecule has 5 nitrogen and oxygen atoms in total. The zero-order valence-electron chi connectivity index (χ0n) is 12.4. The number of rotatable bonds is 6. The van der Waals surface area contributed by atoms with Crippen LogP contribution in [0.4, 0.5) is 14.9 Å². The van der Waals surface area contributed by atoms with E-state index in [1.54, 1.807) is 42.5 Å². The quantitative estimate of drug-likeness (QED) is 0.767. The standard InChI is InChI=1S/C17H17FN2O3/c18-15-4-2-1-3-13(15)9-10-19-17(23)20-14-7-5-12(6-8-14)11-16(21)22/h1-8H,9-11H2,(H,21,22)(H2,19,20,23). The first-order valence-corrected chi connectivity index (χ1v) is 7.13. The van der Waals surface area contributed by atoms with Crippen molar-refractivity contribution in [2.75, 3.05) is 11.9 Å². The summed E-state index contributed by atoms with van der Waals surface area (Å²) in [4.78, 5) is 22.3. The van der Waals surface area contributed by atoms with Crippen LogP contribution in [-0.2, 0) is 17.6 Å². The van der Waals surface area contributed by atoms with E-state index in [4.69, 9.17) is 5.11 Å². The molecule has 0 unspecified atom stereocenters. The van der Waals surface area contributed by atoms with Crippen LogP contribution < -0.4 is 10.6 Å². The summed E-state index contributed by atoms with van der Waals surface area (Å²) in [6, 6.07) is 12.6. The Hall–Kier alpha value is -2.89. The number of aliphatic carboxylic acids is 1. The molecule has 0 bridgehead atoms. The van der Waals surface area contributed by atoms with Gasteiger partial charge in [0.25, 0.3) is 0 Å². The van der Waals surface area contributed by atoms with Crippen molar-refractivity contribution >= 4 is 17.7 Å². The van der Waals surface area contributed by atoms with Gasteiger partial charge in [0.15, 0.2) is 0 Å². The molecule has 0 heterocycles. The lowest BCUT2D eigenvalue weighted by Gasteiger charge is -2.08. The van der Waals surface area contributed by atoms with Crippen LogP contribution in [0.3, 0.4) is 0 Å². The molecule has 120 valence electrons. The lowest BCUT2D eigenvalue weighted by molar-refractivity contribution is -0.136. The van der Waals surface area contributed by atoms with Gasteiger partial charge in [0.2, 0.25) is 0 Å². The van der Waals surface area contributed by atoms with E-state index in [-0.39, 0.29) is 12.2 Å². The molecule has 2 aromatic rings. The van der Waals surface area contributed by atoms with Crippen LogP contribution in [0.15, 0.2) is 48.5 Å². The molecule has 2 amide bonds. The predicted molar refractivity (Wildman–Crippen MR) is 84.9 cm³/mol. The number of hydrogen-bond donors (Lipinski definition) is 3. The second-order valence-corrected chi connectivity index (χ2v) is 4.99. The summed E-state index contributed by atoms with van der Waals surface area (Å²) in [5, 5.41) is 14.0. The highest BCUT2D eigenvalue weighted by Crippen LogP contribution is 2.10. The zero-order chi connectivity index (χ0) is 16.7. The second kappa shape index (κ2) is 7.93. The summed E-state index contributed by atoms with van der Waals surface area (Å²) in [7, 11) is 0. The van der Waals surface area contributed by atoms with Crippen LogP contribution in [-0.4, -0.2) is 23.7 Å². The third-order valence-electron chi connectivity index (χ3n) is 3.20. The minimum Gasteiger partial charge on any atom is -0.481 e. The van der Waals surface area contributed by atoms with Crippen LogP contribution in [0.1, 0.15) is 11.1 Å². The molecule has 0 spiro atoms. The van der Waals surface area contributed by atoms with E-state index < -0.39 is 12.0 Å². The summed E-state index contributed by atoms with van der Waals surface area (Å²) in [6.07, 6.45) is 0.340. The van der Waals surface area contributed by atoms with Gasteiger partial charge in [-0.3, -0.25) is 4.79 Å². The van der Waals surface area contributed by atoms with Crippen molar-refractivity contribution in [1.29, 1.82) is 0 Å². The first kappa shape index (κ1) is 16.5. The highest BCUT2D eigenvalue weighted by molar-refractivity contribution is 5.89. The molecule has 0 aliphatic rings. The van der Waals surface area contributed by atoms with E-state index in [2.05, 4.69) is 10.6 Å². The fourth-order valence-corrected chi connectivity index (χ4v) is 2.07. The minimum absolute atomic E-state index is 0.0604. The number of nitrogens with one attached hydrogen (secondary N) is 2. The normalized spacial score (nSPS) is 10.1. The molecule has 0 atom stereocenters. The average Bonchev–Trinajstić information content (AvgIpc) is 2.51. The van der Waals surface area contributed by atoms with E-state index >= 15 is 0 Å². The fourth-order valence-electron chi connectivity index (χ4n) is 2.07. The van der Waals surface area contributed by atoms with Crippen molar-refractivity contribution in [2.24, 2.45) is 0 Å². The van der Waals surface area contributed by atoms with Crippen LogP contribution in [0.25, 0.3) is 0 Å². The Balaban J connectivity index is 1.78. The zero-order valence-corrected chi connectivity index (χ0v) is 12.4. The van der Waals surface area contributed by atoms with Gasteiger partial charge in [-0.25, -0.2) is 9.18 Å². The maximum Gasteiger partial charge on any atom is 0.319 e. The number of amides is 2. The van der Waals surface area contributed by atoms with Gasteiger partial charge < -0.3 is 15.7 Å². The molecule has 0 saturated carbocycles. The van der Waals surface area contributed by atoms with Gasteiger partial charge in [-0.1, -0.05) is 30.3 Å².